The highest BCUT2D eigenvalue weighted by atomic mass is 32.1. The lowest BCUT2D eigenvalue weighted by Gasteiger charge is -2.02. The van der Waals surface area contributed by atoms with Crippen molar-refractivity contribution < 1.29 is 9.47 Å². The minimum Gasteiger partial charge on any atom is -0.497 e. The minimum atomic E-state index is 0.716. The Balaban J connectivity index is 1.99. The van der Waals surface area contributed by atoms with Crippen LogP contribution in [-0.2, 0) is 11.3 Å². The van der Waals surface area contributed by atoms with Crippen LogP contribution in [0.2, 0.25) is 0 Å². The molecule has 0 radical (unpaired) electrons. The molecule has 0 bridgehead atoms. The van der Waals surface area contributed by atoms with Crippen molar-refractivity contribution in [1.82, 2.24) is 10.3 Å². The van der Waals surface area contributed by atoms with Crippen molar-refractivity contribution in [1.29, 1.82) is 0 Å². The van der Waals surface area contributed by atoms with Gasteiger partial charge in [0.2, 0.25) is 0 Å². The molecule has 0 aliphatic carbocycles. The summed E-state index contributed by atoms with van der Waals surface area (Å²) < 4.78 is 10.2. The number of hydrogen-bond acceptors (Lipinski definition) is 5. The number of methoxy groups -OCH3 is 2. The molecule has 102 valence electrons. The van der Waals surface area contributed by atoms with E-state index in [1.807, 2.05) is 24.3 Å². The van der Waals surface area contributed by atoms with Crippen LogP contribution >= 0.6 is 11.3 Å². The van der Waals surface area contributed by atoms with Crippen molar-refractivity contribution in [2.24, 2.45) is 0 Å². The van der Waals surface area contributed by atoms with Gasteiger partial charge < -0.3 is 14.8 Å². The first-order chi connectivity index (χ1) is 9.33. The van der Waals surface area contributed by atoms with Gasteiger partial charge in [0.15, 0.2) is 0 Å². The maximum absolute atomic E-state index is 5.22. The quantitative estimate of drug-likeness (QED) is 0.791. The van der Waals surface area contributed by atoms with Gasteiger partial charge in [0.1, 0.15) is 10.8 Å². The van der Waals surface area contributed by atoms with Crippen molar-refractivity contribution in [2.45, 2.75) is 6.54 Å². The highest BCUT2D eigenvalue weighted by Gasteiger charge is 2.05. The minimum absolute atomic E-state index is 0.716. The molecule has 1 aromatic carbocycles. The Morgan fingerprint density at radius 2 is 2.21 bits per heavy atom. The fraction of sp³-hybridized carbons (Fsp3) is 0.357. The molecule has 0 unspecified atom stereocenters. The molecule has 0 saturated heterocycles. The van der Waals surface area contributed by atoms with Crippen LogP contribution < -0.4 is 10.1 Å². The zero-order valence-corrected chi connectivity index (χ0v) is 12.0. The van der Waals surface area contributed by atoms with Gasteiger partial charge >= 0.3 is 0 Å². The molecule has 0 fully saturated rings. The van der Waals surface area contributed by atoms with Crippen molar-refractivity contribution in [3.05, 3.63) is 34.7 Å². The summed E-state index contributed by atoms with van der Waals surface area (Å²) in [6.45, 7) is 2.33. The largest absolute Gasteiger partial charge is 0.497 e. The standard InChI is InChI=1S/C14H18N2O2S/c1-17-7-6-15-9-14-16-13(10-19-14)11-4-3-5-12(8-11)18-2/h3-5,8,10,15H,6-7,9H2,1-2H3. The molecular formula is C14H18N2O2S. The molecule has 1 aromatic heterocycles. The summed E-state index contributed by atoms with van der Waals surface area (Å²) in [5.41, 5.74) is 2.08. The first-order valence-electron chi connectivity index (χ1n) is 6.12. The van der Waals surface area contributed by atoms with Crippen LogP contribution in [0.25, 0.3) is 11.3 Å². The van der Waals surface area contributed by atoms with Crippen molar-refractivity contribution >= 4 is 11.3 Å². The zero-order valence-electron chi connectivity index (χ0n) is 11.2. The second kappa shape index (κ2) is 7.23. The molecule has 0 aliphatic rings. The Labute approximate surface area is 117 Å². The third-order valence-corrected chi connectivity index (χ3v) is 3.53. The zero-order chi connectivity index (χ0) is 13.5. The summed E-state index contributed by atoms with van der Waals surface area (Å²) in [7, 11) is 3.37. The van der Waals surface area contributed by atoms with E-state index in [0.717, 1.165) is 35.1 Å². The summed E-state index contributed by atoms with van der Waals surface area (Å²) in [5, 5.41) is 6.44. The van der Waals surface area contributed by atoms with Gasteiger partial charge in [0.05, 0.1) is 19.4 Å². The van der Waals surface area contributed by atoms with E-state index < -0.39 is 0 Å². The monoisotopic (exact) mass is 278 g/mol. The number of benzene rings is 1. The number of nitrogens with one attached hydrogen (secondary N) is 1. The lowest BCUT2D eigenvalue weighted by Crippen LogP contribution is -2.18. The van der Waals surface area contributed by atoms with Gasteiger partial charge in [-0.3, -0.25) is 0 Å². The summed E-state index contributed by atoms with van der Waals surface area (Å²) in [6, 6.07) is 7.95. The van der Waals surface area contributed by atoms with Gasteiger partial charge in [-0.2, -0.15) is 0 Å². The van der Waals surface area contributed by atoms with Gasteiger partial charge in [-0.15, -0.1) is 11.3 Å². The van der Waals surface area contributed by atoms with Crippen LogP contribution in [0.5, 0.6) is 5.75 Å². The molecule has 1 heterocycles. The van der Waals surface area contributed by atoms with E-state index in [2.05, 4.69) is 15.7 Å². The highest BCUT2D eigenvalue weighted by molar-refractivity contribution is 7.09. The third-order valence-electron chi connectivity index (χ3n) is 2.68. The van der Waals surface area contributed by atoms with Gasteiger partial charge in [0, 0.05) is 31.1 Å². The predicted molar refractivity (Wildman–Crippen MR) is 77.7 cm³/mol. The smallest absolute Gasteiger partial charge is 0.119 e. The second-order valence-electron chi connectivity index (χ2n) is 4.03. The number of thiazole rings is 1. The van der Waals surface area contributed by atoms with Crippen LogP contribution in [0.3, 0.4) is 0 Å². The first-order valence-corrected chi connectivity index (χ1v) is 7.00. The normalized spacial score (nSPS) is 10.6. The number of hydrogen-bond donors (Lipinski definition) is 1. The number of ether oxygens (including phenoxy) is 2. The summed E-state index contributed by atoms with van der Waals surface area (Å²) in [6.07, 6.45) is 0. The van der Waals surface area contributed by atoms with Gasteiger partial charge in [-0.25, -0.2) is 4.98 Å². The summed E-state index contributed by atoms with van der Waals surface area (Å²) in [5.74, 6) is 0.852. The van der Waals surface area contributed by atoms with Crippen LogP contribution in [0.1, 0.15) is 5.01 Å². The lowest BCUT2D eigenvalue weighted by molar-refractivity contribution is 0.199. The first kappa shape index (κ1) is 14.0. The number of nitrogens with zero attached hydrogens (tertiary/aromatic N) is 1. The molecule has 5 heteroatoms. The predicted octanol–water partition coefficient (Wildman–Crippen LogP) is 2.55. The molecule has 0 amide bonds. The second-order valence-corrected chi connectivity index (χ2v) is 4.97. The van der Waals surface area contributed by atoms with E-state index in [1.165, 1.54) is 0 Å². The van der Waals surface area contributed by atoms with Crippen LogP contribution in [0.15, 0.2) is 29.6 Å². The average molecular weight is 278 g/mol. The number of rotatable bonds is 7. The highest BCUT2D eigenvalue weighted by Crippen LogP contribution is 2.25. The van der Waals surface area contributed by atoms with E-state index in [0.29, 0.717) is 6.61 Å². The Morgan fingerprint density at radius 3 is 3.00 bits per heavy atom. The van der Waals surface area contributed by atoms with Crippen molar-refractivity contribution in [3.8, 4) is 17.0 Å². The molecule has 19 heavy (non-hydrogen) atoms. The van der Waals surface area contributed by atoms with E-state index in [1.54, 1.807) is 25.6 Å². The molecule has 4 nitrogen and oxygen atoms in total. The SMILES string of the molecule is COCCNCc1nc(-c2cccc(OC)c2)cs1. The summed E-state index contributed by atoms with van der Waals surface area (Å²) in [4.78, 5) is 4.61. The Hall–Kier alpha value is -1.43. The molecule has 0 spiro atoms. The van der Waals surface area contributed by atoms with Gasteiger partial charge in [0.25, 0.3) is 0 Å². The molecular weight excluding hydrogens is 260 g/mol. The lowest BCUT2D eigenvalue weighted by atomic mass is 10.2. The Morgan fingerprint density at radius 1 is 1.32 bits per heavy atom. The molecule has 0 saturated carbocycles. The fourth-order valence-corrected chi connectivity index (χ4v) is 2.45. The average Bonchev–Trinajstić information content (AvgIpc) is 2.92. The van der Waals surface area contributed by atoms with Crippen LogP contribution in [0.4, 0.5) is 0 Å². The maximum atomic E-state index is 5.22. The molecule has 2 rings (SSSR count). The third kappa shape index (κ3) is 4.02. The summed E-state index contributed by atoms with van der Waals surface area (Å²) >= 11 is 1.66. The topological polar surface area (TPSA) is 43.4 Å². The number of aromatic nitrogens is 1. The fourth-order valence-electron chi connectivity index (χ4n) is 1.68. The Kier molecular flexibility index (Phi) is 5.32. The van der Waals surface area contributed by atoms with Crippen LogP contribution in [0, 0.1) is 0 Å². The van der Waals surface area contributed by atoms with Crippen molar-refractivity contribution in [2.75, 3.05) is 27.4 Å². The van der Waals surface area contributed by atoms with E-state index in [9.17, 15) is 0 Å². The molecule has 0 atom stereocenters. The maximum Gasteiger partial charge on any atom is 0.119 e. The van der Waals surface area contributed by atoms with E-state index in [-0.39, 0.29) is 0 Å². The Bertz CT molecular complexity index is 514. The van der Waals surface area contributed by atoms with E-state index in [4.69, 9.17) is 9.47 Å². The van der Waals surface area contributed by atoms with E-state index >= 15 is 0 Å². The molecule has 0 aliphatic heterocycles. The van der Waals surface area contributed by atoms with Gasteiger partial charge in [-0.05, 0) is 12.1 Å². The van der Waals surface area contributed by atoms with Crippen LogP contribution in [-0.4, -0.2) is 32.4 Å². The molecule has 2 aromatic rings. The van der Waals surface area contributed by atoms with Gasteiger partial charge in [-0.1, -0.05) is 12.1 Å². The van der Waals surface area contributed by atoms with Crippen molar-refractivity contribution in [3.63, 3.8) is 0 Å². The molecule has 1 N–H and O–H groups in total.